The fraction of sp³-hybridized carbons (Fsp3) is 1.00. The molecule has 2 nitrogen and oxygen atoms in total. The Bertz CT molecular complexity index is 193. The van der Waals surface area contributed by atoms with Gasteiger partial charge in [-0.3, -0.25) is 0 Å². The van der Waals surface area contributed by atoms with Crippen molar-refractivity contribution in [2.75, 3.05) is 19.8 Å². The van der Waals surface area contributed by atoms with Gasteiger partial charge in [0.15, 0.2) is 0 Å². The maximum atomic E-state index is 11.7. The van der Waals surface area contributed by atoms with Gasteiger partial charge >= 0.3 is 6.18 Å². The van der Waals surface area contributed by atoms with Crippen molar-refractivity contribution in [1.82, 2.24) is 5.32 Å². The Morgan fingerprint density at radius 3 is 2.38 bits per heavy atom. The van der Waals surface area contributed by atoms with Gasteiger partial charge in [-0.15, -0.1) is 11.6 Å². The number of rotatable bonds is 5. The minimum absolute atomic E-state index is 0.0975. The van der Waals surface area contributed by atoms with Gasteiger partial charge in [-0.2, -0.15) is 13.2 Å². The smallest absolute Gasteiger partial charge is 0.371 e. The Balaban J connectivity index is 1.95. The van der Waals surface area contributed by atoms with Gasteiger partial charge in [0.05, 0.1) is 6.61 Å². The Kier molecular flexibility index (Phi) is 5.86. The molecule has 0 spiro atoms. The van der Waals surface area contributed by atoms with Crippen LogP contribution in [-0.2, 0) is 4.74 Å². The molecule has 0 atom stereocenters. The van der Waals surface area contributed by atoms with Crippen molar-refractivity contribution in [3.63, 3.8) is 0 Å². The highest BCUT2D eigenvalue weighted by Crippen LogP contribution is 2.22. The number of nitrogens with one attached hydrogen (secondary N) is 1. The molecular formula is C10H17ClF3NO. The predicted octanol–water partition coefficient (Wildman–Crippen LogP) is 2.70. The van der Waals surface area contributed by atoms with Crippen LogP contribution in [0.1, 0.15) is 25.7 Å². The second-order valence-electron chi connectivity index (χ2n) is 4.07. The first-order valence-electron chi connectivity index (χ1n) is 5.49. The van der Waals surface area contributed by atoms with Crippen molar-refractivity contribution in [3.8, 4) is 0 Å². The lowest BCUT2D eigenvalue weighted by Gasteiger charge is -2.25. The molecule has 0 unspecified atom stereocenters. The summed E-state index contributed by atoms with van der Waals surface area (Å²) in [6, 6.07) is 0.379. The molecule has 0 aromatic rings. The van der Waals surface area contributed by atoms with E-state index < -0.39 is 12.8 Å². The maximum absolute atomic E-state index is 11.7. The van der Waals surface area contributed by atoms with Gasteiger partial charge in [0.25, 0.3) is 0 Å². The number of alkyl halides is 4. The summed E-state index contributed by atoms with van der Waals surface area (Å²) in [6.45, 7) is -0.600. The van der Waals surface area contributed by atoms with Gasteiger partial charge in [-0.1, -0.05) is 0 Å². The lowest BCUT2D eigenvalue weighted by atomic mass is 9.95. The Morgan fingerprint density at radius 2 is 1.81 bits per heavy atom. The predicted molar refractivity (Wildman–Crippen MR) is 56.8 cm³/mol. The van der Waals surface area contributed by atoms with Crippen LogP contribution in [0.25, 0.3) is 0 Å². The van der Waals surface area contributed by atoms with E-state index in [1.54, 1.807) is 0 Å². The Hall–Kier alpha value is 0. The zero-order valence-corrected chi connectivity index (χ0v) is 9.78. The number of ether oxygens (including phenoxy) is 1. The first-order chi connectivity index (χ1) is 7.47. The summed E-state index contributed by atoms with van der Waals surface area (Å²) in [7, 11) is 0. The average Bonchev–Trinajstić information content (AvgIpc) is 2.19. The first kappa shape index (κ1) is 14.1. The molecule has 1 aliphatic rings. The van der Waals surface area contributed by atoms with Crippen LogP contribution in [0.3, 0.4) is 0 Å². The fourth-order valence-electron chi connectivity index (χ4n) is 1.78. The molecule has 0 radical (unpaired) electrons. The van der Waals surface area contributed by atoms with E-state index in [1.165, 1.54) is 0 Å². The molecule has 16 heavy (non-hydrogen) atoms. The maximum Gasteiger partial charge on any atom is 0.411 e. The largest absolute Gasteiger partial charge is 0.411 e. The highest BCUT2D eigenvalue weighted by atomic mass is 35.5. The molecule has 1 aliphatic carbocycles. The summed E-state index contributed by atoms with van der Waals surface area (Å²) >= 11 is 5.94. The minimum atomic E-state index is -4.23. The molecule has 0 amide bonds. The molecule has 0 heterocycles. The highest BCUT2D eigenvalue weighted by molar-refractivity contribution is 6.20. The molecular weight excluding hydrogens is 243 g/mol. The van der Waals surface area contributed by atoms with Crippen LogP contribution in [0.5, 0.6) is 0 Å². The third kappa shape index (κ3) is 6.55. The summed E-state index contributed by atoms with van der Waals surface area (Å²) < 4.78 is 39.7. The number of hydrogen-bond donors (Lipinski definition) is 1. The lowest BCUT2D eigenvalue weighted by molar-refractivity contribution is -0.173. The van der Waals surface area contributed by atoms with E-state index in [0.717, 1.165) is 25.7 Å². The second kappa shape index (κ2) is 6.67. The third-order valence-corrected chi connectivity index (χ3v) is 3.04. The molecule has 1 rings (SSSR count). The van der Waals surface area contributed by atoms with Gasteiger partial charge in [-0.25, -0.2) is 0 Å². The van der Waals surface area contributed by atoms with Gasteiger partial charge in [0.1, 0.15) is 6.61 Å². The van der Waals surface area contributed by atoms with E-state index in [-0.39, 0.29) is 12.0 Å². The van der Waals surface area contributed by atoms with Crippen molar-refractivity contribution in [3.05, 3.63) is 0 Å². The van der Waals surface area contributed by atoms with Crippen molar-refractivity contribution in [1.29, 1.82) is 0 Å². The van der Waals surface area contributed by atoms with Crippen LogP contribution in [0.15, 0.2) is 0 Å². The minimum Gasteiger partial charge on any atom is -0.371 e. The van der Waals surface area contributed by atoms with Gasteiger partial charge in [0.2, 0.25) is 0 Å². The molecule has 0 aromatic heterocycles. The summed E-state index contributed by atoms with van der Waals surface area (Å²) in [5, 5.41) is 3.44. The van der Waals surface area contributed by atoms with E-state index in [9.17, 15) is 13.2 Å². The SMILES string of the molecule is FC(F)(F)COCCNC1CCC(Cl)CC1. The Labute approximate surface area is 98.5 Å². The molecule has 1 saturated carbocycles. The van der Waals surface area contributed by atoms with Crippen molar-refractivity contribution >= 4 is 11.6 Å². The van der Waals surface area contributed by atoms with Crippen molar-refractivity contribution in [2.45, 2.75) is 43.3 Å². The summed E-state index contributed by atoms with van der Waals surface area (Å²) in [5.41, 5.74) is 0. The van der Waals surface area contributed by atoms with Crippen LogP contribution in [0.4, 0.5) is 13.2 Å². The molecule has 0 aromatic carbocycles. The molecule has 1 fully saturated rings. The fourth-order valence-corrected chi connectivity index (χ4v) is 2.03. The van der Waals surface area contributed by atoms with Crippen molar-refractivity contribution in [2.24, 2.45) is 0 Å². The normalized spacial score (nSPS) is 27.0. The highest BCUT2D eigenvalue weighted by Gasteiger charge is 2.27. The lowest BCUT2D eigenvalue weighted by Crippen LogP contribution is -2.36. The van der Waals surface area contributed by atoms with E-state index in [4.69, 9.17) is 11.6 Å². The van der Waals surface area contributed by atoms with Crippen LogP contribution >= 0.6 is 11.6 Å². The van der Waals surface area contributed by atoms with Gasteiger partial charge in [-0.05, 0) is 25.7 Å². The standard InChI is InChI=1S/C10H17ClF3NO/c11-8-1-3-9(4-2-8)15-5-6-16-7-10(12,13)14/h8-9,15H,1-7H2. The zero-order valence-electron chi connectivity index (χ0n) is 9.02. The molecule has 0 saturated heterocycles. The van der Waals surface area contributed by atoms with Crippen LogP contribution in [-0.4, -0.2) is 37.4 Å². The second-order valence-corrected chi connectivity index (χ2v) is 4.69. The summed E-state index contributed by atoms with van der Waals surface area (Å²) in [4.78, 5) is 0. The van der Waals surface area contributed by atoms with E-state index in [1.807, 2.05) is 0 Å². The Morgan fingerprint density at radius 1 is 1.19 bits per heavy atom. The number of hydrogen-bond acceptors (Lipinski definition) is 2. The van der Waals surface area contributed by atoms with E-state index in [2.05, 4.69) is 10.1 Å². The summed E-state index contributed by atoms with van der Waals surface area (Å²) in [5.74, 6) is 0. The topological polar surface area (TPSA) is 21.3 Å². The monoisotopic (exact) mass is 259 g/mol. The van der Waals surface area contributed by atoms with Crippen molar-refractivity contribution < 1.29 is 17.9 Å². The van der Waals surface area contributed by atoms with E-state index >= 15 is 0 Å². The summed E-state index contributed by atoms with van der Waals surface area (Å²) in [6.07, 6.45) is -0.289. The van der Waals surface area contributed by atoms with Crippen LogP contribution < -0.4 is 5.32 Å². The molecule has 96 valence electrons. The molecule has 0 aliphatic heterocycles. The third-order valence-electron chi connectivity index (χ3n) is 2.60. The molecule has 1 N–H and O–H groups in total. The average molecular weight is 260 g/mol. The number of halogens is 4. The quantitative estimate of drug-likeness (QED) is 0.606. The van der Waals surface area contributed by atoms with Crippen LogP contribution in [0, 0.1) is 0 Å². The van der Waals surface area contributed by atoms with Gasteiger partial charge in [0, 0.05) is 18.0 Å². The van der Waals surface area contributed by atoms with Crippen LogP contribution in [0.2, 0.25) is 0 Å². The molecule has 0 bridgehead atoms. The van der Waals surface area contributed by atoms with E-state index in [0.29, 0.717) is 12.6 Å². The zero-order chi connectivity index (χ0) is 12.0. The molecule has 6 heteroatoms. The van der Waals surface area contributed by atoms with Gasteiger partial charge < -0.3 is 10.1 Å². The first-order valence-corrected chi connectivity index (χ1v) is 5.93.